The molecular weight excluding hydrogens is 438 g/mol. The Morgan fingerprint density at radius 2 is 1.50 bits per heavy atom. The van der Waals surface area contributed by atoms with Crippen LogP contribution >= 0.6 is 11.6 Å². The van der Waals surface area contributed by atoms with Crippen molar-refractivity contribution < 1.29 is 0 Å². The highest BCUT2D eigenvalue weighted by Crippen LogP contribution is 2.26. The van der Waals surface area contributed by atoms with Crippen LogP contribution in [0.2, 0.25) is 5.02 Å². The molecule has 1 saturated heterocycles. The van der Waals surface area contributed by atoms with Crippen LogP contribution in [0, 0.1) is 0 Å². The van der Waals surface area contributed by atoms with Gasteiger partial charge in [-0.25, -0.2) is 0 Å². The minimum absolute atomic E-state index is 0.273. The number of likely N-dealkylation sites (N-methyl/N-ethyl adjacent to an activating group) is 1. The Bertz CT molecular complexity index is 1000. The van der Waals surface area contributed by atoms with Crippen LogP contribution in [0.3, 0.4) is 0 Å². The van der Waals surface area contributed by atoms with Crippen molar-refractivity contribution in [2.75, 3.05) is 52.9 Å². The molecule has 0 radical (unpaired) electrons. The molecule has 4 rings (SSSR count). The maximum absolute atomic E-state index is 6.35. The van der Waals surface area contributed by atoms with E-state index in [0.29, 0.717) is 0 Å². The topological polar surface area (TPSA) is 9.72 Å². The van der Waals surface area contributed by atoms with Crippen molar-refractivity contribution in [3.05, 3.63) is 113 Å². The van der Waals surface area contributed by atoms with Gasteiger partial charge in [-0.2, -0.15) is 0 Å². The van der Waals surface area contributed by atoms with Crippen LogP contribution in [0.25, 0.3) is 5.57 Å². The second-order valence-corrected chi connectivity index (χ2v) is 9.66. The van der Waals surface area contributed by atoms with Crippen LogP contribution in [0.4, 0.5) is 0 Å². The van der Waals surface area contributed by atoms with E-state index in [1.165, 1.54) is 22.3 Å². The van der Waals surface area contributed by atoms with E-state index >= 15 is 0 Å². The summed E-state index contributed by atoms with van der Waals surface area (Å²) in [5.41, 5.74) is 5.05. The zero-order chi connectivity index (χ0) is 23.8. The standard InChI is InChI=1S/C30H36ClN3/c1-25(28-14-9-15-29(31)24-28)34(23-22-33-20-18-32(2)19-21-33)17-16-30(26-10-5-3-6-11-26)27-12-7-4-8-13-27/h3-16,24-25H,17-23H2,1-2H3/t25-/m1/s1. The predicted octanol–water partition coefficient (Wildman–Crippen LogP) is 6.08. The van der Waals surface area contributed by atoms with Gasteiger partial charge >= 0.3 is 0 Å². The lowest BCUT2D eigenvalue weighted by molar-refractivity contribution is 0.127. The Balaban J connectivity index is 1.58. The average Bonchev–Trinajstić information content (AvgIpc) is 2.88. The molecule has 1 aliphatic heterocycles. The summed E-state index contributed by atoms with van der Waals surface area (Å²) in [5, 5.41) is 0.799. The van der Waals surface area contributed by atoms with Crippen LogP contribution in [0.1, 0.15) is 29.7 Å². The maximum Gasteiger partial charge on any atom is 0.0409 e. The Kier molecular flexibility index (Phi) is 8.95. The second-order valence-electron chi connectivity index (χ2n) is 9.22. The minimum Gasteiger partial charge on any atom is -0.304 e. The van der Waals surface area contributed by atoms with Crippen molar-refractivity contribution in [1.82, 2.24) is 14.7 Å². The number of nitrogens with zero attached hydrogens (tertiary/aromatic N) is 3. The van der Waals surface area contributed by atoms with Crippen molar-refractivity contribution in [3.63, 3.8) is 0 Å². The maximum atomic E-state index is 6.35. The van der Waals surface area contributed by atoms with Gasteiger partial charge in [-0.05, 0) is 48.4 Å². The Labute approximate surface area is 210 Å². The number of hydrogen-bond acceptors (Lipinski definition) is 3. The van der Waals surface area contributed by atoms with Gasteiger partial charge in [-0.3, -0.25) is 9.80 Å². The van der Waals surface area contributed by atoms with Crippen LogP contribution in [-0.2, 0) is 0 Å². The quantitative estimate of drug-likeness (QED) is 0.372. The van der Waals surface area contributed by atoms with Gasteiger partial charge in [0.25, 0.3) is 0 Å². The predicted molar refractivity (Wildman–Crippen MR) is 145 cm³/mol. The summed E-state index contributed by atoms with van der Waals surface area (Å²) in [6.07, 6.45) is 2.40. The van der Waals surface area contributed by atoms with Crippen molar-refractivity contribution in [1.29, 1.82) is 0 Å². The molecule has 0 N–H and O–H groups in total. The summed E-state index contributed by atoms with van der Waals surface area (Å²) in [6.45, 7) is 9.86. The number of rotatable bonds is 9. The van der Waals surface area contributed by atoms with Gasteiger partial charge in [0.15, 0.2) is 0 Å². The van der Waals surface area contributed by atoms with Crippen LogP contribution < -0.4 is 0 Å². The zero-order valence-corrected chi connectivity index (χ0v) is 21.2. The molecule has 3 nitrogen and oxygen atoms in total. The molecular formula is C30H36ClN3. The molecule has 1 fully saturated rings. The van der Waals surface area contributed by atoms with Gasteiger partial charge < -0.3 is 4.90 Å². The third-order valence-corrected chi connectivity index (χ3v) is 7.11. The molecule has 0 bridgehead atoms. The van der Waals surface area contributed by atoms with E-state index in [9.17, 15) is 0 Å². The molecule has 0 aromatic heterocycles. The molecule has 3 aromatic rings. The van der Waals surface area contributed by atoms with Crippen LogP contribution in [0.15, 0.2) is 91.0 Å². The van der Waals surface area contributed by atoms with E-state index in [2.05, 4.69) is 114 Å². The van der Waals surface area contributed by atoms with Gasteiger partial charge in [-0.15, -0.1) is 0 Å². The van der Waals surface area contributed by atoms with E-state index in [1.807, 2.05) is 6.07 Å². The summed E-state index contributed by atoms with van der Waals surface area (Å²) in [6, 6.07) is 30.0. The molecule has 1 heterocycles. The highest BCUT2D eigenvalue weighted by atomic mass is 35.5. The molecule has 0 unspecified atom stereocenters. The Hall–Kier alpha value is -2.43. The van der Waals surface area contributed by atoms with Crippen molar-refractivity contribution in [3.8, 4) is 0 Å². The summed E-state index contributed by atoms with van der Waals surface area (Å²) < 4.78 is 0. The second kappa shape index (κ2) is 12.3. The lowest BCUT2D eigenvalue weighted by atomic mass is 9.97. The third-order valence-electron chi connectivity index (χ3n) is 6.88. The van der Waals surface area contributed by atoms with E-state index in [1.54, 1.807) is 0 Å². The van der Waals surface area contributed by atoms with Gasteiger partial charge in [0.05, 0.1) is 0 Å². The summed E-state index contributed by atoms with van der Waals surface area (Å²) in [5.74, 6) is 0. The molecule has 0 aliphatic carbocycles. The van der Waals surface area contributed by atoms with Gasteiger partial charge in [0.2, 0.25) is 0 Å². The third kappa shape index (κ3) is 6.80. The molecule has 178 valence electrons. The summed E-state index contributed by atoms with van der Waals surface area (Å²) in [4.78, 5) is 7.59. The van der Waals surface area contributed by atoms with Crippen LogP contribution in [-0.4, -0.2) is 67.6 Å². The summed E-state index contributed by atoms with van der Waals surface area (Å²) in [7, 11) is 2.21. The highest BCUT2D eigenvalue weighted by molar-refractivity contribution is 6.30. The lowest BCUT2D eigenvalue weighted by Gasteiger charge is -2.35. The SMILES string of the molecule is C[C@H](c1cccc(Cl)c1)N(CC=C(c1ccccc1)c1ccccc1)CCN1CCN(C)CC1. The fourth-order valence-corrected chi connectivity index (χ4v) is 4.81. The molecule has 3 aromatic carbocycles. The Morgan fingerprint density at radius 1 is 0.882 bits per heavy atom. The van der Waals surface area contributed by atoms with E-state index in [0.717, 1.165) is 50.8 Å². The first-order chi connectivity index (χ1) is 16.6. The minimum atomic E-state index is 0.273. The fraction of sp³-hybridized carbons (Fsp3) is 0.333. The lowest BCUT2D eigenvalue weighted by Crippen LogP contribution is -2.47. The molecule has 1 aliphatic rings. The normalized spacial score (nSPS) is 15.9. The molecule has 34 heavy (non-hydrogen) atoms. The van der Waals surface area contributed by atoms with Crippen molar-refractivity contribution in [2.45, 2.75) is 13.0 Å². The zero-order valence-electron chi connectivity index (χ0n) is 20.4. The number of hydrogen-bond donors (Lipinski definition) is 0. The first-order valence-corrected chi connectivity index (χ1v) is 12.7. The van der Waals surface area contributed by atoms with Gasteiger partial charge in [0.1, 0.15) is 0 Å². The number of piperazine rings is 1. The van der Waals surface area contributed by atoms with E-state index in [4.69, 9.17) is 11.6 Å². The molecule has 0 spiro atoms. The largest absolute Gasteiger partial charge is 0.304 e. The molecule has 1 atom stereocenters. The van der Waals surface area contributed by atoms with Gasteiger partial charge in [0, 0.05) is 56.9 Å². The van der Waals surface area contributed by atoms with E-state index < -0.39 is 0 Å². The fourth-order valence-electron chi connectivity index (χ4n) is 4.61. The van der Waals surface area contributed by atoms with Crippen molar-refractivity contribution in [2.24, 2.45) is 0 Å². The summed E-state index contributed by atoms with van der Waals surface area (Å²) >= 11 is 6.35. The first kappa shape index (κ1) is 24.7. The van der Waals surface area contributed by atoms with E-state index in [-0.39, 0.29) is 6.04 Å². The highest BCUT2D eigenvalue weighted by Gasteiger charge is 2.19. The molecule has 0 saturated carbocycles. The average molecular weight is 474 g/mol. The number of halogens is 1. The van der Waals surface area contributed by atoms with Gasteiger partial charge in [-0.1, -0.05) is 90.5 Å². The smallest absolute Gasteiger partial charge is 0.0409 e. The van der Waals surface area contributed by atoms with Crippen molar-refractivity contribution >= 4 is 17.2 Å². The molecule has 0 amide bonds. The monoisotopic (exact) mass is 473 g/mol. The first-order valence-electron chi connectivity index (χ1n) is 12.3. The Morgan fingerprint density at radius 3 is 2.09 bits per heavy atom. The number of benzene rings is 3. The van der Waals surface area contributed by atoms with Crippen LogP contribution in [0.5, 0.6) is 0 Å². The molecule has 4 heteroatoms.